The smallest absolute Gasteiger partial charge is 0.374 e. The summed E-state index contributed by atoms with van der Waals surface area (Å²) in [6, 6.07) is 14.2. The van der Waals surface area contributed by atoms with Crippen LogP contribution in [0.4, 0.5) is 13.2 Å². The van der Waals surface area contributed by atoms with Crippen LogP contribution in [0, 0.1) is 0 Å². The van der Waals surface area contributed by atoms with Crippen molar-refractivity contribution < 1.29 is 23.1 Å². The van der Waals surface area contributed by atoms with Gasteiger partial charge in [0, 0.05) is 13.0 Å². The van der Waals surface area contributed by atoms with Crippen molar-refractivity contribution in [3.05, 3.63) is 58.5 Å². The molecule has 0 spiro atoms. The second kappa shape index (κ2) is 8.52. The summed E-state index contributed by atoms with van der Waals surface area (Å²) in [5.74, 6) is -0.886. The van der Waals surface area contributed by atoms with Gasteiger partial charge in [-0.2, -0.15) is 13.2 Å². The van der Waals surface area contributed by atoms with E-state index in [0.29, 0.717) is 23.1 Å². The van der Waals surface area contributed by atoms with Gasteiger partial charge in [0.1, 0.15) is 5.01 Å². The highest BCUT2D eigenvalue weighted by Gasteiger charge is 2.58. The van der Waals surface area contributed by atoms with Crippen molar-refractivity contribution in [1.29, 1.82) is 0 Å². The molecule has 0 saturated carbocycles. The number of amides is 1. The minimum absolute atomic E-state index is 0.183. The maximum Gasteiger partial charge on any atom is 0.424 e. The summed E-state index contributed by atoms with van der Waals surface area (Å²) in [6.45, 7) is 0.183. The van der Waals surface area contributed by atoms with Crippen LogP contribution in [0.5, 0.6) is 0 Å². The molecule has 1 atom stereocenters. The molecule has 31 heavy (non-hydrogen) atoms. The van der Waals surface area contributed by atoms with Gasteiger partial charge in [0.25, 0.3) is 0 Å². The molecule has 4 aromatic rings. The highest BCUT2D eigenvalue weighted by Crippen LogP contribution is 2.44. The Kier molecular flexibility index (Phi) is 5.96. The van der Waals surface area contributed by atoms with Gasteiger partial charge >= 0.3 is 6.18 Å². The quantitative estimate of drug-likeness (QED) is 0.385. The van der Waals surface area contributed by atoms with Crippen molar-refractivity contribution in [2.45, 2.75) is 31.0 Å². The van der Waals surface area contributed by atoms with Gasteiger partial charge < -0.3 is 10.4 Å². The second-order valence-electron chi connectivity index (χ2n) is 7.05. The molecule has 0 radical (unpaired) electrons. The Balaban J connectivity index is 1.38. The van der Waals surface area contributed by atoms with E-state index in [9.17, 15) is 23.1 Å². The van der Waals surface area contributed by atoms with E-state index >= 15 is 0 Å². The summed E-state index contributed by atoms with van der Waals surface area (Å²) in [6.07, 6.45) is -5.06. The predicted octanol–water partition coefficient (Wildman–Crippen LogP) is 4.80. The molecule has 0 fully saturated rings. The van der Waals surface area contributed by atoms with E-state index in [-0.39, 0.29) is 6.54 Å². The van der Waals surface area contributed by atoms with Crippen molar-refractivity contribution in [3.63, 3.8) is 0 Å². The largest absolute Gasteiger partial charge is 0.424 e. The third-order valence-electron chi connectivity index (χ3n) is 4.76. The summed E-state index contributed by atoms with van der Waals surface area (Å²) in [5, 5.41) is 13.3. The molecule has 0 aliphatic rings. The molecule has 5 nitrogen and oxygen atoms in total. The maximum atomic E-state index is 13.7. The van der Waals surface area contributed by atoms with E-state index < -0.39 is 29.1 Å². The number of aromatic nitrogens is 2. The number of nitrogens with zero attached hydrogens (tertiary/aromatic N) is 2. The number of thiazole rings is 2. The van der Waals surface area contributed by atoms with Gasteiger partial charge in [0.2, 0.25) is 11.5 Å². The van der Waals surface area contributed by atoms with Crippen molar-refractivity contribution in [3.8, 4) is 0 Å². The van der Waals surface area contributed by atoms with E-state index in [0.717, 1.165) is 26.6 Å². The number of carbonyl (C=O) groups is 1. The van der Waals surface area contributed by atoms with E-state index in [4.69, 9.17) is 0 Å². The summed E-state index contributed by atoms with van der Waals surface area (Å²) in [5.41, 5.74) is -2.09. The van der Waals surface area contributed by atoms with Crippen LogP contribution in [0.15, 0.2) is 48.5 Å². The zero-order valence-electron chi connectivity index (χ0n) is 16.1. The van der Waals surface area contributed by atoms with E-state index in [2.05, 4.69) is 15.3 Å². The molecule has 2 heterocycles. The van der Waals surface area contributed by atoms with E-state index in [1.54, 1.807) is 35.6 Å². The van der Waals surface area contributed by atoms with Crippen molar-refractivity contribution in [1.82, 2.24) is 15.3 Å². The Labute approximate surface area is 183 Å². The maximum absolute atomic E-state index is 13.7. The Bertz CT molecular complexity index is 1160. The molecule has 0 aliphatic heterocycles. The summed E-state index contributed by atoms with van der Waals surface area (Å²) in [7, 11) is 0. The fourth-order valence-electron chi connectivity index (χ4n) is 3.14. The monoisotopic (exact) mass is 465 g/mol. The minimum atomic E-state index is -5.04. The van der Waals surface area contributed by atoms with Crippen LogP contribution in [0.3, 0.4) is 0 Å². The normalized spacial score (nSPS) is 14.1. The first-order valence-corrected chi connectivity index (χ1v) is 11.2. The number of aryl methyl sites for hydroxylation is 1. The van der Waals surface area contributed by atoms with Crippen LogP contribution >= 0.6 is 22.7 Å². The van der Waals surface area contributed by atoms with Gasteiger partial charge in [-0.1, -0.05) is 24.3 Å². The lowest BCUT2D eigenvalue weighted by Gasteiger charge is -2.27. The standard InChI is InChI=1S/C21H18F3N3O2S2/c22-21(23,24)20(29,19-27-14-7-2-4-9-16(14)31-19)12-17(28)25-11-5-10-18-26-13-6-1-3-8-15(13)30-18/h1-4,6-9,29H,5,10-12H2,(H,25,28)/t20-/m1/s1. The predicted molar refractivity (Wildman–Crippen MR) is 115 cm³/mol. The topological polar surface area (TPSA) is 75.1 Å². The third kappa shape index (κ3) is 4.56. The van der Waals surface area contributed by atoms with Crippen LogP contribution in [0.25, 0.3) is 20.4 Å². The molecule has 2 aromatic carbocycles. The van der Waals surface area contributed by atoms with Crippen molar-refractivity contribution in [2.75, 3.05) is 6.54 Å². The molecule has 162 valence electrons. The number of halogens is 3. The number of para-hydroxylation sites is 2. The molecular formula is C21H18F3N3O2S2. The molecule has 0 bridgehead atoms. The molecule has 10 heteroatoms. The lowest BCUT2D eigenvalue weighted by atomic mass is 9.99. The van der Waals surface area contributed by atoms with Gasteiger partial charge in [0.15, 0.2) is 0 Å². The number of fused-ring (bicyclic) bond motifs is 2. The first kappa shape index (κ1) is 21.7. The lowest BCUT2D eigenvalue weighted by molar-refractivity contribution is -0.267. The third-order valence-corrected chi connectivity index (χ3v) is 7.04. The number of alkyl halides is 3. The van der Waals surface area contributed by atoms with Gasteiger partial charge in [-0.15, -0.1) is 22.7 Å². The first-order chi connectivity index (χ1) is 14.8. The average Bonchev–Trinajstić information content (AvgIpc) is 3.34. The lowest BCUT2D eigenvalue weighted by Crippen LogP contribution is -2.46. The molecule has 4 rings (SSSR count). The number of hydrogen-bond acceptors (Lipinski definition) is 6. The summed E-state index contributed by atoms with van der Waals surface area (Å²) in [4.78, 5) is 20.7. The fourth-order valence-corrected chi connectivity index (χ4v) is 5.22. The van der Waals surface area contributed by atoms with Crippen molar-refractivity contribution in [2.24, 2.45) is 0 Å². The Hall–Kier alpha value is -2.56. The second-order valence-corrected chi connectivity index (χ2v) is 9.20. The van der Waals surface area contributed by atoms with Gasteiger partial charge in [-0.25, -0.2) is 9.97 Å². The number of rotatable bonds is 7. The van der Waals surface area contributed by atoms with Crippen molar-refractivity contribution >= 4 is 49.0 Å². The fraction of sp³-hybridized carbons (Fsp3) is 0.286. The van der Waals surface area contributed by atoms with Crippen LogP contribution in [0.2, 0.25) is 0 Å². The summed E-state index contributed by atoms with van der Waals surface area (Å²) >= 11 is 2.28. The molecule has 0 aliphatic carbocycles. The molecule has 2 N–H and O–H groups in total. The number of nitrogens with one attached hydrogen (secondary N) is 1. The first-order valence-electron chi connectivity index (χ1n) is 9.52. The number of carbonyl (C=O) groups excluding carboxylic acids is 1. The Morgan fingerprint density at radius 3 is 2.19 bits per heavy atom. The molecular weight excluding hydrogens is 447 g/mol. The zero-order valence-corrected chi connectivity index (χ0v) is 17.8. The molecule has 1 amide bonds. The van der Waals surface area contributed by atoms with Crippen LogP contribution in [0.1, 0.15) is 22.9 Å². The Morgan fingerprint density at radius 1 is 0.968 bits per heavy atom. The Morgan fingerprint density at radius 2 is 1.58 bits per heavy atom. The van der Waals surface area contributed by atoms with Crippen LogP contribution in [-0.2, 0) is 16.8 Å². The zero-order chi connectivity index (χ0) is 22.1. The highest BCUT2D eigenvalue weighted by atomic mass is 32.1. The minimum Gasteiger partial charge on any atom is -0.374 e. The number of hydrogen-bond donors (Lipinski definition) is 2. The van der Waals surface area contributed by atoms with Gasteiger partial charge in [-0.3, -0.25) is 4.79 Å². The van der Waals surface area contributed by atoms with Gasteiger partial charge in [0.05, 0.1) is 31.9 Å². The number of benzene rings is 2. The molecule has 0 unspecified atom stereocenters. The van der Waals surface area contributed by atoms with Crippen LogP contribution in [-0.4, -0.2) is 33.7 Å². The van der Waals surface area contributed by atoms with E-state index in [1.807, 2.05) is 24.3 Å². The molecule has 0 saturated heterocycles. The molecule has 2 aromatic heterocycles. The summed E-state index contributed by atoms with van der Waals surface area (Å²) < 4.78 is 42.7. The van der Waals surface area contributed by atoms with Crippen LogP contribution < -0.4 is 5.32 Å². The SMILES string of the molecule is O=C(C[C@@](O)(c1nc2ccccc2s1)C(F)(F)F)NCCCc1nc2ccccc2s1. The van der Waals surface area contributed by atoms with E-state index in [1.165, 1.54) is 0 Å². The average molecular weight is 466 g/mol. The van der Waals surface area contributed by atoms with Gasteiger partial charge in [-0.05, 0) is 30.7 Å². The highest BCUT2D eigenvalue weighted by molar-refractivity contribution is 7.19. The number of aliphatic hydroxyl groups is 1.